The zero-order valence-electron chi connectivity index (χ0n) is 12.0. The van der Waals surface area contributed by atoms with Gasteiger partial charge in [-0.2, -0.15) is 0 Å². The Kier molecular flexibility index (Phi) is 5.88. The second kappa shape index (κ2) is 6.96. The maximum atomic E-state index is 12.1. The smallest absolute Gasteiger partial charge is 0.268 e. The standard InChI is InChI=1S/C14H23ClN2O2/c1-9(2)5-12(18)7-16-14(19)13-6-11(15)8-17(13)10(3)4/h6,8-10,12,18H,5,7H2,1-4H3,(H,16,19). The Bertz CT molecular complexity index is 427. The molecule has 0 aliphatic carbocycles. The van der Waals surface area contributed by atoms with Crippen LogP contribution in [-0.4, -0.2) is 28.2 Å². The van der Waals surface area contributed by atoms with Crippen molar-refractivity contribution < 1.29 is 9.90 Å². The number of rotatable bonds is 6. The van der Waals surface area contributed by atoms with E-state index in [2.05, 4.69) is 5.32 Å². The summed E-state index contributed by atoms with van der Waals surface area (Å²) in [4.78, 5) is 12.1. The molecule has 1 rings (SSSR count). The molecule has 0 saturated carbocycles. The third kappa shape index (κ3) is 4.88. The van der Waals surface area contributed by atoms with Crippen molar-refractivity contribution >= 4 is 17.5 Å². The van der Waals surface area contributed by atoms with E-state index in [-0.39, 0.29) is 18.5 Å². The molecular weight excluding hydrogens is 264 g/mol. The monoisotopic (exact) mass is 286 g/mol. The highest BCUT2D eigenvalue weighted by atomic mass is 35.5. The van der Waals surface area contributed by atoms with Gasteiger partial charge in [0.25, 0.3) is 5.91 Å². The van der Waals surface area contributed by atoms with Crippen LogP contribution in [0.3, 0.4) is 0 Å². The largest absolute Gasteiger partial charge is 0.391 e. The normalized spacial score (nSPS) is 13.1. The summed E-state index contributed by atoms with van der Waals surface area (Å²) in [6.07, 6.45) is 1.90. The van der Waals surface area contributed by atoms with Crippen molar-refractivity contribution in [2.24, 2.45) is 5.92 Å². The predicted octanol–water partition coefficient (Wildman–Crippen LogP) is 2.86. The third-order valence-corrected chi connectivity index (χ3v) is 3.05. The number of nitrogens with zero attached hydrogens (tertiary/aromatic N) is 1. The molecule has 5 heteroatoms. The molecule has 0 aliphatic heterocycles. The zero-order valence-corrected chi connectivity index (χ0v) is 12.7. The molecule has 1 heterocycles. The van der Waals surface area contributed by atoms with Gasteiger partial charge in [0.1, 0.15) is 5.69 Å². The summed E-state index contributed by atoms with van der Waals surface area (Å²) in [5.74, 6) is 0.198. The van der Waals surface area contributed by atoms with Crippen molar-refractivity contribution in [3.8, 4) is 0 Å². The zero-order chi connectivity index (χ0) is 14.6. The summed E-state index contributed by atoms with van der Waals surface area (Å²) in [5.41, 5.74) is 0.525. The van der Waals surface area contributed by atoms with Gasteiger partial charge in [-0.1, -0.05) is 25.4 Å². The number of aromatic nitrogens is 1. The molecular formula is C14H23ClN2O2. The van der Waals surface area contributed by atoms with Crippen molar-refractivity contribution in [2.45, 2.75) is 46.3 Å². The number of aliphatic hydroxyl groups is 1. The minimum atomic E-state index is -0.512. The molecule has 0 fully saturated rings. The Labute approximate surface area is 119 Å². The number of nitrogens with one attached hydrogen (secondary N) is 1. The van der Waals surface area contributed by atoms with Crippen LogP contribution in [0.5, 0.6) is 0 Å². The highest BCUT2D eigenvalue weighted by molar-refractivity contribution is 6.31. The fourth-order valence-electron chi connectivity index (χ4n) is 1.98. The van der Waals surface area contributed by atoms with Crippen LogP contribution >= 0.6 is 11.6 Å². The fourth-order valence-corrected chi connectivity index (χ4v) is 2.19. The van der Waals surface area contributed by atoms with Gasteiger partial charge in [0.15, 0.2) is 0 Å². The number of halogens is 1. The van der Waals surface area contributed by atoms with E-state index >= 15 is 0 Å². The van der Waals surface area contributed by atoms with Crippen LogP contribution in [0, 0.1) is 5.92 Å². The summed E-state index contributed by atoms with van der Waals surface area (Å²) in [6, 6.07) is 1.81. The van der Waals surface area contributed by atoms with Gasteiger partial charge >= 0.3 is 0 Å². The molecule has 0 saturated heterocycles. The van der Waals surface area contributed by atoms with Gasteiger partial charge in [0.05, 0.1) is 11.1 Å². The van der Waals surface area contributed by atoms with E-state index in [0.717, 1.165) is 0 Å². The second-order valence-corrected chi connectivity index (χ2v) is 5.97. The van der Waals surface area contributed by atoms with Gasteiger partial charge in [-0.25, -0.2) is 0 Å². The van der Waals surface area contributed by atoms with Crippen LogP contribution in [0.25, 0.3) is 0 Å². The van der Waals surface area contributed by atoms with Crippen LogP contribution in [0.2, 0.25) is 5.02 Å². The lowest BCUT2D eigenvalue weighted by Crippen LogP contribution is -2.34. The van der Waals surface area contributed by atoms with Crippen molar-refractivity contribution in [1.29, 1.82) is 0 Å². The number of hydrogen-bond donors (Lipinski definition) is 2. The van der Waals surface area contributed by atoms with Gasteiger partial charge in [0.2, 0.25) is 0 Å². The first kappa shape index (κ1) is 16.1. The van der Waals surface area contributed by atoms with Crippen molar-refractivity contribution in [2.75, 3.05) is 6.54 Å². The summed E-state index contributed by atoms with van der Waals surface area (Å²) in [5, 5.41) is 13.0. The van der Waals surface area contributed by atoms with Crippen LogP contribution in [0.1, 0.15) is 50.6 Å². The van der Waals surface area contributed by atoms with E-state index in [1.54, 1.807) is 12.3 Å². The molecule has 0 aliphatic rings. The summed E-state index contributed by atoms with van der Waals surface area (Å²) in [6.45, 7) is 8.31. The molecule has 108 valence electrons. The summed E-state index contributed by atoms with van der Waals surface area (Å²) >= 11 is 5.94. The number of amides is 1. The van der Waals surface area contributed by atoms with Crippen LogP contribution in [0.15, 0.2) is 12.3 Å². The molecule has 1 unspecified atom stereocenters. The average Bonchev–Trinajstić information content (AvgIpc) is 2.67. The topological polar surface area (TPSA) is 54.3 Å². The highest BCUT2D eigenvalue weighted by Gasteiger charge is 2.16. The van der Waals surface area contributed by atoms with E-state index in [0.29, 0.717) is 23.1 Å². The molecule has 0 aromatic carbocycles. The Morgan fingerprint density at radius 1 is 1.42 bits per heavy atom. The minimum Gasteiger partial charge on any atom is -0.391 e. The molecule has 0 bridgehead atoms. The Morgan fingerprint density at radius 2 is 2.05 bits per heavy atom. The van der Waals surface area contributed by atoms with Crippen molar-refractivity contribution in [1.82, 2.24) is 9.88 Å². The fraction of sp³-hybridized carbons (Fsp3) is 0.643. The lowest BCUT2D eigenvalue weighted by Gasteiger charge is -2.16. The number of carbonyl (C=O) groups is 1. The van der Waals surface area contributed by atoms with Crippen LogP contribution in [-0.2, 0) is 0 Å². The van der Waals surface area contributed by atoms with Gasteiger partial charge in [-0.3, -0.25) is 4.79 Å². The van der Waals surface area contributed by atoms with Gasteiger partial charge in [0, 0.05) is 18.8 Å². The molecule has 0 spiro atoms. The van der Waals surface area contributed by atoms with Gasteiger partial charge < -0.3 is 15.0 Å². The van der Waals surface area contributed by atoms with Crippen LogP contribution < -0.4 is 5.32 Å². The maximum absolute atomic E-state index is 12.1. The SMILES string of the molecule is CC(C)CC(O)CNC(=O)c1cc(Cl)cn1C(C)C. The van der Waals surface area contributed by atoms with Crippen molar-refractivity contribution in [3.05, 3.63) is 23.0 Å². The highest BCUT2D eigenvalue weighted by Crippen LogP contribution is 2.18. The molecule has 0 radical (unpaired) electrons. The van der Waals surface area contributed by atoms with Crippen LogP contribution in [0.4, 0.5) is 0 Å². The molecule has 1 amide bonds. The second-order valence-electron chi connectivity index (χ2n) is 5.54. The minimum absolute atomic E-state index is 0.161. The van der Waals surface area contributed by atoms with Gasteiger partial charge in [-0.05, 0) is 32.3 Å². The average molecular weight is 287 g/mol. The molecule has 1 atom stereocenters. The molecule has 2 N–H and O–H groups in total. The number of aliphatic hydroxyl groups excluding tert-OH is 1. The van der Waals surface area contributed by atoms with E-state index in [9.17, 15) is 9.90 Å². The summed E-state index contributed by atoms with van der Waals surface area (Å²) in [7, 11) is 0. The van der Waals surface area contributed by atoms with Crippen molar-refractivity contribution in [3.63, 3.8) is 0 Å². The maximum Gasteiger partial charge on any atom is 0.268 e. The molecule has 19 heavy (non-hydrogen) atoms. The quantitative estimate of drug-likeness (QED) is 0.845. The third-order valence-electron chi connectivity index (χ3n) is 2.85. The van der Waals surface area contributed by atoms with E-state index in [1.165, 1.54) is 0 Å². The first-order valence-corrected chi connectivity index (χ1v) is 7.02. The van der Waals surface area contributed by atoms with E-state index in [4.69, 9.17) is 11.6 Å². The number of carbonyl (C=O) groups excluding carboxylic acids is 1. The van der Waals surface area contributed by atoms with E-state index < -0.39 is 6.10 Å². The Balaban J connectivity index is 2.63. The predicted molar refractivity (Wildman–Crippen MR) is 77.6 cm³/mol. The van der Waals surface area contributed by atoms with Gasteiger partial charge in [-0.15, -0.1) is 0 Å². The summed E-state index contributed by atoms with van der Waals surface area (Å²) < 4.78 is 1.83. The molecule has 4 nitrogen and oxygen atoms in total. The molecule has 1 aromatic rings. The number of hydrogen-bond acceptors (Lipinski definition) is 2. The first-order chi connectivity index (χ1) is 8.81. The Hall–Kier alpha value is -1.00. The first-order valence-electron chi connectivity index (χ1n) is 6.65. The molecule has 1 aromatic heterocycles. The lowest BCUT2D eigenvalue weighted by atomic mass is 10.1. The Morgan fingerprint density at radius 3 is 2.58 bits per heavy atom. The lowest BCUT2D eigenvalue weighted by molar-refractivity contribution is 0.0890. The van der Waals surface area contributed by atoms with E-state index in [1.807, 2.05) is 32.3 Å².